The van der Waals surface area contributed by atoms with Crippen LogP contribution in [-0.2, 0) is 9.53 Å². The number of aliphatic carboxylic acids is 1. The molecule has 2 amide bonds. The number of carboxylic acid groups (broad SMARTS) is 1. The fourth-order valence-electron chi connectivity index (χ4n) is 2.54. The molecule has 0 aromatic heterocycles. The number of carbonyl (C=O) groups excluding carboxylic acids is 1. The minimum atomic E-state index is -1.11. The molecule has 0 heterocycles. The molecule has 0 spiro atoms. The molecule has 1 fully saturated rings. The highest BCUT2D eigenvalue weighted by molar-refractivity contribution is 5.86. The molecule has 0 aliphatic heterocycles. The van der Waals surface area contributed by atoms with E-state index in [-0.39, 0.29) is 6.03 Å². The Labute approximate surface area is 120 Å². The van der Waals surface area contributed by atoms with E-state index in [1.807, 2.05) is 6.92 Å². The van der Waals surface area contributed by atoms with Gasteiger partial charge in [-0.25, -0.2) is 9.59 Å². The van der Waals surface area contributed by atoms with Crippen molar-refractivity contribution in [3.8, 4) is 0 Å². The second-order valence-electron chi connectivity index (χ2n) is 5.57. The molecule has 6 nitrogen and oxygen atoms in total. The van der Waals surface area contributed by atoms with Crippen molar-refractivity contribution in [3.63, 3.8) is 0 Å². The van der Waals surface area contributed by atoms with Crippen LogP contribution in [0.4, 0.5) is 4.79 Å². The van der Waals surface area contributed by atoms with Gasteiger partial charge < -0.3 is 20.1 Å². The highest BCUT2D eigenvalue weighted by atomic mass is 16.5. The van der Waals surface area contributed by atoms with Crippen LogP contribution in [-0.4, -0.2) is 54.4 Å². The van der Waals surface area contributed by atoms with E-state index in [0.29, 0.717) is 38.5 Å². The van der Waals surface area contributed by atoms with Gasteiger partial charge in [0.2, 0.25) is 0 Å². The average Bonchev–Trinajstić information content (AvgIpc) is 2.42. The van der Waals surface area contributed by atoms with E-state index >= 15 is 0 Å². The predicted octanol–water partition coefficient (Wildman–Crippen LogP) is 1.70. The number of urea groups is 1. The standard InChI is InChI=1S/C14H26N2O4/c1-4-16(9-10-20-3)13(19)15-14(12(17)18)7-5-11(2)6-8-14/h11H,4-10H2,1-3H3,(H,15,19)(H,17,18). The second kappa shape index (κ2) is 7.47. The summed E-state index contributed by atoms with van der Waals surface area (Å²) in [5.74, 6) is -0.407. The number of carbonyl (C=O) groups is 2. The Bertz CT molecular complexity index is 338. The van der Waals surface area contributed by atoms with Crippen molar-refractivity contribution in [1.29, 1.82) is 0 Å². The quantitative estimate of drug-likeness (QED) is 0.779. The first-order chi connectivity index (χ1) is 9.45. The lowest BCUT2D eigenvalue weighted by Crippen LogP contribution is -2.59. The number of likely N-dealkylation sites (N-methyl/N-ethyl adjacent to an activating group) is 1. The molecule has 0 bridgehead atoms. The van der Waals surface area contributed by atoms with Gasteiger partial charge in [0.15, 0.2) is 0 Å². The van der Waals surface area contributed by atoms with Gasteiger partial charge >= 0.3 is 12.0 Å². The average molecular weight is 286 g/mol. The first-order valence-electron chi connectivity index (χ1n) is 7.24. The molecule has 0 radical (unpaired) electrons. The fraction of sp³-hybridized carbons (Fsp3) is 0.857. The zero-order valence-electron chi connectivity index (χ0n) is 12.6. The van der Waals surface area contributed by atoms with Crippen LogP contribution in [0.5, 0.6) is 0 Å². The minimum Gasteiger partial charge on any atom is -0.480 e. The number of hydrogen-bond acceptors (Lipinski definition) is 3. The van der Waals surface area contributed by atoms with Crippen molar-refractivity contribution < 1.29 is 19.4 Å². The molecular formula is C14H26N2O4. The molecule has 20 heavy (non-hydrogen) atoms. The molecule has 6 heteroatoms. The van der Waals surface area contributed by atoms with Crippen LogP contribution >= 0.6 is 0 Å². The van der Waals surface area contributed by atoms with Crippen molar-refractivity contribution in [2.24, 2.45) is 5.92 Å². The molecule has 2 N–H and O–H groups in total. The van der Waals surface area contributed by atoms with Crippen molar-refractivity contribution >= 4 is 12.0 Å². The monoisotopic (exact) mass is 286 g/mol. The van der Waals surface area contributed by atoms with Gasteiger partial charge in [-0.2, -0.15) is 0 Å². The zero-order chi connectivity index (χ0) is 15.2. The molecule has 1 aliphatic rings. The topological polar surface area (TPSA) is 78.9 Å². The Morgan fingerprint density at radius 1 is 1.40 bits per heavy atom. The van der Waals surface area contributed by atoms with Gasteiger partial charge in [0.05, 0.1) is 6.61 Å². The van der Waals surface area contributed by atoms with E-state index < -0.39 is 11.5 Å². The van der Waals surface area contributed by atoms with Gasteiger partial charge in [-0.05, 0) is 38.5 Å². The van der Waals surface area contributed by atoms with Crippen molar-refractivity contribution in [2.75, 3.05) is 26.8 Å². The van der Waals surface area contributed by atoms with Crippen LogP contribution in [0, 0.1) is 5.92 Å². The number of amides is 2. The predicted molar refractivity (Wildman–Crippen MR) is 75.7 cm³/mol. The van der Waals surface area contributed by atoms with Gasteiger partial charge in [0.1, 0.15) is 5.54 Å². The first kappa shape index (κ1) is 16.8. The number of methoxy groups -OCH3 is 1. The lowest BCUT2D eigenvalue weighted by atomic mass is 9.77. The lowest BCUT2D eigenvalue weighted by molar-refractivity contribution is -0.146. The van der Waals surface area contributed by atoms with Gasteiger partial charge in [-0.3, -0.25) is 0 Å². The van der Waals surface area contributed by atoms with Gasteiger partial charge in [0, 0.05) is 20.2 Å². The fourth-order valence-corrected chi connectivity index (χ4v) is 2.54. The Morgan fingerprint density at radius 3 is 2.45 bits per heavy atom. The minimum absolute atomic E-state index is 0.318. The summed E-state index contributed by atoms with van der Waals surface area (Å²) in [4.78, 5) is 25.4. The number of hydrogen-bond donors (Lipinski definition) is 2. The number of rotatable bonds is 6. The Balaban J connectivity index is 2.70. The largest absolute Gasteiger partial charge is 0.480 e. The van der Waals surface area contributed by atoms with Crippen LogP contribution < -0.4 is 5.32 Å². The zero-order valence-corrected chi connectivity index (χ0v) is 12.6. The molecule has 1 aliphatic carbocycles. The van der Waals surface area contributed by atoms with Gasteiger partial charge in [-0.1, -0.05) is 6.92 Å². The molecule has 0 aromatic rings. The highest BCUT2D eigenvalue weighted by Gasteiger charge is 2.43. The molecule has 0 atom stereocenters. The molecule has 116 valence electrons. The molecule has 0 aromatic carbocycles. The van der Waals surface area contributed by atoms with Gasteiger partial charge in [-0.15, -0.1) is 0 Å². The molecule has 0 saturated heterocycles. The summed E-state index contributed by atoms with van der Waals surface area (Å²) in [6, 6.07) is -0.318. The summed E-state index contributed by atoms with van der Waals surface area (Å²) in [6.45, 7) is 5.42. The summed E-state index contributed by atoms with van der Waals surface area (Å²) in [5, 5.41) is 12.2. The summed E-state index contributed by atoms with van der Waals surface area (Å²) in [5.41, 5.74) is -1.11. The Morgan fingerprint density at radius 2 is 2.00 bits per heavy atom. The van der Waals surface area contributed by atoms with Crippen LogP contribution in [0.3, 0.4) is 0 Å². The van der Waals surface area contributed by atoms with E-state index in [2.05, 4.69) is 12.2 Å². The van der Waals surface area contributed by atoms with Crippen molar-refractivity contribution in [3.05, 3.63) is 0 Å². The van der Waals surface area contributed by atoms with E-state index in [9.17, 15) is 14.7 Å². The third kappa shape index (κ3) is 4.10. The molecule has 0 unspecified atom stereocenters. The maximum Gasteiger partial charge on any atom is 0.329 e. The summed E-state index contributed by atoms with van der Waals surface area (Å²) >= 11 is 0. The van der Waals surface area contributed by atoms with E-state index in [4.69, 9.17) is 4.74 Å². The number of nitrogens with zero attached hydrogens (tertiary/aromatic N) is 1. The molecule has 1 rings (SSSR count). The Kier molecular flexibility index (Phi) is 6.26. The Hall–Kier alpha value is -1.30. The van der Waals surface area contributed by atoms with Crippen LogP contribution in [0.15, 0.2) is 0 Å². The van der Waals surface area contributed by atoms with E-state index in [1.54, 1.807) is 12.0 Å². The smallest absolute Gasteiger partial charge is 0.329 e. The summed E-state index contributed by atoms with van der Waals surface area (Å²) < 4.78 is 4.96. The van der Waals surface area contributed by atoms with Crippen LogP contribution in [0.2, 0.25) is 0 Å². The van der Waals surface area contributed by atoms with E-state index in [1.165, 1.54) is 0 Å². The van der Waals surface area contributed by atoms with Crippen LogP contribution in [0.1, 0.15) is 39.5 Å². The number of ether oxygens (including phenoxy) is 1. The lowest BCUT2D eigenvalue weighted by Gasteiger charge is -2.37. The maximum atomic E-state index is 12.2. The molecular weight excluding hydrogens is 260 g/mol. The van der Waals surface area contributed by atoms with Crippen molar-refractivity contribution in [2.45, 2.75) is 45.1 Å². The number of nitrogens with one attached hydrogen (secondary N) is 1. The summed E-state index contributed by atoms with van der Waals surface area (Å²) in [7, 11) is 1.58. The van der Waals surface area contributed by atoms with Gasteiger partial charge in [0.25, 0.3) is 0 Å². The maximum absolute atomic E-state index is 12.2. The van der Waals surface area contributed by atoms with Crippen LogP contribution in [0.25, 0.3) is 0 Å². The highest BCUT2D eigenvalue weighted by Crippen LogP contribution is 2.32. The third-order valence-corrected chi connectivity index (χ3v) is 4.12. The normalized spacial score (nSPS) is 26.1. The molecule has 1 saturated carbocycles. The number of carboxylic acids is 1. The second-order valence-corrected chi connectivity index (χ2v) is 5.57. The van der Waals surface area contributed by atoms with E-state index in [0.717, 1.165) is 12.8 Å². The summed E-state index contributed by atoms with van der Waals surface area (Å²) in [6.07, 6.45) is 2.65. The van der Waals surface area contributed by atoms with Crippen molar-refractivity contribution in [1.82, 2.24) is 10.2 Å². The SMILES string of the molecule is CCN(CCOC)C(=O)NC1(C(=O)O)CCC(C)CC1. The first-order valence-corrected chi connectivity index (χ1v) is 7.24. The third-order valence-electron chi connectivity index (χ3n) is 4.12.